The fraction of sp³-hybridized carbons (Fsp3) is 0.471. The minimum Gasteiger partial charge on any atom is -0.319 e. The molecule has 1 N–H and O–H groups in total. The van der Waals surface area contributed by atoms with E-state index in [4.69, 9.17) is 4.98 Å². The van der Waals surface area contributed by atoms with E-state index in [9.17, 15) is 0 Å². The highest BCUT2D eigenvalue weighted by molar-refractivity contribution is 7.98. The van der Waals surface area contributed by atoms with Crippen molar-refractivity contribution < 1.29 is 0 Å². The van der Waals surface area contributed by atoms with Crippen LogP contribution in [0.15, 0.2) is 29.2 Å². The number of thiazole rings is 1. The number of hydrogen-bond donors (Lipinski definition) is 1. The van der Waals surface area contributed by atoms with Crippen LogP contribution in [0.5, 0.6) is 0 Å². The quantitative estimate of drug-likeness (QED) is 0.828. The topological polar surface area (TPSA) is 24.9 Å². The zero-order valence-corrected chi connectivity index (χ0v) is 14.3. The number of benzene rings is 1. The zero-order chi connectivity index (χ0) is 14.7. The molecule has 0 saturated heterocycles. The van der Waals surface area contributed by atoms with Gasteiger partial charge in [-0.1, -0.05) is 18.2 Å². The second-order valence-electron chi connectivity index (χ2n) is 5.62. The summed E-state index contributed by atoms with van der Waals surface area (Å²) in [5, 5.41) is 4.60. The molecule has 0 amide bonds. The third kappa shape index (κ3) is 3.50. The van der Waals surface area contributed by atoms with Crippen LogP contribution in [0.4, 0.5) is 0 Å². The van der Waals surface area contributed by atoms with E-state index in [0.717, 1.165) is 12.3 Å². The fourth-order valence-corrected chi connectivity index (χ4v) is 5.14. The lowest BCUT2D eigenvalue weighted by molar-refractivity contribution is 0.522. The summed E-state index contributed by atoms with van der Waals surface area (Å²) in [5.74, 6) is 1.61. The second-order valence-corrected chi connectivity index (χ2v) is 7.80. The summed E-state index contributed by atoms with van der Waals surface area (Å²) in [6, 6.07) is 8.60. The molecule has 0 bridgehead atoms. The van der Waals surface area contributed by atoms with Gasteiger partial charge in [-0.05, 0) is 44.9 Å². The van der Waals surface area contributed by atoms with Crippen molar-refractivity contribution in [3.8, 4) is 0 Å². The van der Waals surface area contributed by atoms with Gasteiger partial charge >= 0.3 is 0 Å². The molecule has 1 heterocycles. The van der Waals surface area contributed by atoms with Crippen molar-refractivity contribution in [1.29, 1.82) is 0 Å². The lowest BCUT2D eigenvalue weighted by Gasteiger charge is -2.20. The highest BCUT2D eigenvalue weighted by Crippen LogP contribution is 2.36. The van der Waals surface area contributed by atoms with E-state index in [0.29, 0.717) is 5.92 Å². The zero-order valence-electron chi connectivity index (χ0n) is 12.7. The number of nitrogens with one attached hydrogen (secondary N) is 1. The van der Waals surface area contributed by atoms with Crippen LogP contribution in [0.2, 0.25) is 0 Å². The van der Waals surface area contributed by atoms with Gasteiger partial charge in [-0.15, -0.1) is 23.1 Å². The molecular formula is C17H22N2S2. The molecule has 1 atom stereocenters. The lowest BCUT2D eigenvalue weighted by Crippen LogP contribution is -2.21. The smallest absolute Gasteiger partial charge is 0.103 e. The summed E-state index contributed by atoms with van der Waals surface area (Å²) < 4.78 is 0. The normalized spacial score (nSPS) is 17.7. The van der Waals surface area contributed by atoms with Crippen LogP contribution in [-0.4, -0.2) is 18.6 Å². The molecule has 0 radical (unpaired) electrons. The molecular weight excluding hydrogens is 296 g/mol. The molecule has 0 aliphatic heterocycles. The van der Waals surface area contributed by atoms with Crippen molar-refractivity contribution in [3.63, 3.8) is 0 Å². The Balaban J connectivity index is 1.71. The maximum absolute atomic E-state index is 4.95. The van der Waals surface area contributed by atoms with E-state index in [1.807, 2.05) is 30.1 Å². The first-order valence-electron chi connectivity index (χ1n) is 7.59. The number of aryl methyl sites for hydroxylation is 2. The Bertz CT molecular complexity index is 607. The van der Waals surface area contributed by atoms with E-state index >= 15 is 0 Å². The van der Waals surface area contributed by atoms with Gasteiger partial charge in [-0.2, -0.15) is 0 Å². The van der Waals surface area contributed by atoms with Crippen LogP contribution >= 0.6 is 23.1 Å². The number of likely N-dealkylation sites (N-methyl/N-ethyl adjacent to an activating group) is 1. The van der Waals surface area contributed by atoms with Gasteiger partial charge in [-0.25, -0.2) is 4.98 Å². The van der Waals surface area contributed by atoms with E-state index in [1.54, 1.807) is 0 Å². The van der Waals surface area contributed by atoms with Crippen molar-refractivity contribution in [1.82, 2.24) is 10.3 Å². The monoisotopic (exact) mass is 318 g/mol. The maximum atomic E-state index is 4.95. The number of fused-ring (bicyclic) bond motifs is 1. The lowest BCUT2D eigenvalue weighted by atomic mass is 9.91. The van der Waals surface area contributed by atoms with E-state index in [1.165, 1.54) is 45.3 Å². The Hall–Kier alpha value is -0.840. The second kappa shape index (κ2) is 6.95. The molecule has 2 nitrogen and oxygen atoms in total. The predicted octanol–water partition coefficient (Wildman–Crippen LogP) is 4.38. The van der Waals surface area contributed by atoms with Gasteiger partial charge in [0.05, 0.1) is 11.4 Å². The minimum atomic E-state index is 0.618. The minimum absolute atomic E-state index is 0.618. The third-order valence-corrected chi connectivity index (χ3v) is 6.51. The van der Waals surface area contributed by atoms with Gasteiger partial charge in [0, 0.05) is 22.2 Å². The average molecular weight is 319 g/mol. The van der Waals surface area contributed by atoms with Crippen molar-refractivity contribution in [2.75, 3.05) is 13.6 Å². The highest BCUT2D eigenvalue weighted by Gasteiger charge is 2.24. The first kappa shape index (κ1) is 15.1. The van der Waals surface area contributed by atoms with Gasteiger partial charge in [-0.3, -0.25) is 0 Å². The van der Waals surface area contributed by atoms with E-state index in [2.05, 4.69) is 36.5 Å². The van der Waals surface area contributed by atoms with Gasteiger partial charge in [0.1, 0.15) is 5.01 Å². The molecule has 1 unspecified atom stereocenters. The fourth-order valence-electron chi connectivity index (χ4n) is 2.92. The standard InChI is InChI=1S/C17H22N2S2/c1-12-6-3-4-8-14(12)20-11-16-19-17-13(10-18-2)7-5-9-15(17)21-16/h3-4,6,8,13,18H,5,7,9-11H2,1-2H3. The Labute approximate surface area is 135 Å². The van der Waals surface area contributed by atoms with Crippen LogP contribution < -0.4 is 5.32 Å². The van der Waals surface area contributed by atoms with Gasteiger partial charge < -0.3 is 5.32 Å². The molecule has 2 aromatic rings. The largest absolute Gasteiger partial charge is 0.319 e. The molecule has 3 rings (SSSR count). The summed E-state index contributed by atoms with van der Waals surface area (Å²) in [6.45, 7) is 3.24. The van der Waals surface area contributed by atoms with Crippen molar-refractivity contribution in [2.45, 2.75) is 42.8 Å². The first-order chi connectivity index (χ1) is 10.3. The summed E-state index contributed by atoms with van der Waals surface area (Å²) in [5.41, 5.74) is 2.73. The molecule has 4 heteroatoms. The van der Waals surface area contributed by atoms with Crippen molar-refractivity contribution in [2.24, 2.45) is 0 Å². The predicted molar refractivity (Wildman–Crippen MR) is 92.5 cm³/mol. The summed E-state index contributed by atoms with van der Waals surface area (Å²) in [7, 11) is 2.04. The third-order valence-electron chi connectivity index (χ3n) is 4.01. The molecule has 1 aromatic carbocycles. The molecule has 112 valence electrons. The molecule has 0 spiro atoms. The van der Waals surface area contributed by atoms with Crippen LogP contribution in [0.25, 0.3) is 0 Å². The molecule has 0 fully saturated rings. The van der Waals surface area contributed by atoms with Crippen LogP contribution in [0.1, 0.15) is 39.9 Å². The van der Waals surface area contributed by atoms with Crippen LogP contribution in [0.3, 0.4) is 0 Å². The average Bonchev–Trinajstić information content (AvgIpc) is 2.91. The van der Waals surface area contributed by atoms with Crippen LogP contribution in [0, 0.1) is 6.92 Å². The first-order valence-corrected chi connectivity index (χ1v) is 9.39. The van der Waals surface area contributed by atoms with E-state index < -0.39 is 0 Å². The highest BCUT2D eigenvalue weighted by atomic mass is 32.2. The van der Waals surface area contributed by atoms with Crippen molar-refractivity contribution >= 4 is 23.1 Å². The number of hydrogen-bond acceptors (Lipinski definition) is 4. The Morgan fingerprint density at radius 2 is 2.24 bits per heavy atom. The number of thioether (sulfide) groups is 1. The van der Waals surface area contributed by atoms with Gasteiger partial charge in [0.2, 0.25) is 0 Å². The Kier molecular flexibility index (Phi) is 4.99. The van der Waals surface area contributed by atoms with Crippen molar-refractivity contribution in [3.05, 3.63) is 45.4 Å². The number of aromatic nitrogens is 1. The SMILES string of the molecule is CNCC1CCCc2sc(CSc3ccccc3C)nc21. The van der Waals surface area contributed by atoms with Gasteiger partial charge in [0.15, 0.2) is 0 Å². The molecule has 21 heavy (non-hydrogen) atoms. The van der Waals surface area contributed by atoms with Crippen LogP contribution in [-0.2, 0) is 12.2 Å². The summed E-state index contributed by atoms with van der Waals surface area (Å²) in [6.07, 6.45) is 3.82. The summed E-state index contributed by atoms with van der Waals surface area (Å²) in [4.78, 5) is 7.86. The Morgan fingerprint density at radius 3 is 3.05 bits per heavy atom. The summed E-state index contributed by atoms with van der Waals surface area (Å²) >= 11 is 3.84. The maximum Gasteiger partial charge on any atom is 0.103 e. The number of nitrogens with zero attached hydrogens (tertiary/aromatic N) is 1. The molecule has 1 aliphatic carbocycles. The number of rotatable bonds is 5. The molecule has 0 saturated carbocycles. The van der Waals surface area contributed by atoms with Gasteiger partial charge in [0.25, 0.3) is 0 Å². The molecule has 1 aliphatic rings. The van der Waals surface area contributed by atoms with E-state index in [-0.39, 0.29) is 0 Å². The Morgan fingerprint density at radius 1 is 1.38 bits per heavy atom. The molecule has 1 aromatic heterocycles.